The van der Waals surface area contributed by atoms with Crippen molar-refractivity contribution in [1.82, 2.24) is 9.80 Å². The van der Waals surface area contributed by atoms with Crippen LogP contribution in [0.5, 0.6) is 0 Å². The molecule has 0 aliphatic carbocycles. The maximum Gasteiger partial charge on any atom is 0.0356 e. The van der Waals surface area contributed by atoms with Crippen LogP contribution in [0.15, 0.2) is 0 Å². The van der Waals surface area contributed by atoms with Crippen LogP contribution in [0.3, 0.4) is 0 Å². The molecule has 2 rings (SSSR count). The van der Waals surface area contributed by atoms with Gasteiger partial charge in [0.25, 0.3) is 0 Å². The average Bonchev–Trinajstić information content (AvgIpc) is 2.29. The largest absolute Gasteiger partial charge is 0.329 e. The molecular formula is C14H29N3. The first-order chi connectivity index (χ1) is 8.05. The molecule has 2 unspecified atom stereocenters. The van der Waals surface area contributed by atoms with Gasteiger partial charge in [0.15, 0.2) is 0 Å². The zero-order valence-electron chi connectivity index (χ0n) is 11.8. The Hall–Kier alpha value is -0.120. The van der Waals surface area contributed by atoms with Crippen LogP contribution in [0.25, 0.3) is 0 Å². The predicted octanol–water partition coefficient (Wildman–Crippen LogP) is 1.39. The van der Waals surface area contributed by atoms with Gasteiger partial charge in [0.05, 0.1) is 0 Å². The summed E-state index contributed by atoms with van der Waals surface area (Å²) in [7, 11) is 2.22. The van der Waals surface area contributed by atoms with Crippen LogP contribution >= 0.6 is 0 Å². The Morgan fingerprint density at radius 3 is 2.12 bits per heavy atom. The van der Waals surface area contributed by atoms with Crippen molar-refractivity contribution in [3.63, 3.8) is 0 Å². The number of nitrogens with zero attached hydrogens (tertiary/aromatic N) is 2. The van der Waals surface area contributed by atoms with Crippen LogP contribution in [0.4, 0.5) is 0 Å². The summed E-state index contributed by atoms with van der Waals surface area (Å²) in [6.45, 7) is 10.5. The molecule has 0 aromatic rings. The highest BCUT2D eigenvalue weighted by atomic mass is 15.2. The van der Waals surface area contributed by atoms with Crippen LogP contribution in [0, 0.1) is 11.8 Å². The summed E-state index contributed by atoms with van der Waals surface area (Å²) in [5.74, 6) is 1.67. The van der Waals surface area contributed by atoms with Crippen molar-refractivity contribution in [3.8, 4) is 0 Å². The minimum Gasteiger partial charge on any atom is -0.329 e. The van der Waals surface area contributed by atoms with Crippen molar-refractivity contribution in [2.24, 2.45) is 17.6 Å². The minimum atomic E-state index is 0.301. The Morgan fingerprint density at radius 2 is 1.65 bits per heavy atom. The monoisotopic (exact) mass is 239 g/mol. The van der Waals surface area contributed by atoms with Gasteiger partial charge in [-0.3, -0.25) is 4.90 Å². The molecule has 0 bridgehead atoms. The molecule has 0 spiro atoms. The summed E-state index contributed by atoms with van der Waals surface area (Å²) in [5, 5.41) is 0. The summed E-state index contributed by atoms with van der Waals surface area (Å²) in [4.78, 5) is 5.16. The molecule has 0 aromatic heterocycles. The zero-order chi connectivity index (χ0) is 12.5. The molecule has 2 saturated heterocycles. The number of hydrogen-bond acceptors (Lipinski definition) is 3. The molecule has 3 heteroatoms. The topological polar surface area (TPSA) is 32.5 Å². The molecule has 0 amide bonds. The summed E-state index contributed by atoms with van der Waals surface area (Å²) in [6, 6.07) is 0. The second-order valence-corrected chi connectivity index (χ2v) is 6.58. The molecule has 2 fully saturated rings. The Bertz CT molecular complexity index is 236. The maximum absolute atomic E-state index is 6.15. The predicted molar refractivity (Wildman–Crippen MR) is 73.0 cm³/mol. The molecule has 2 N–H and O–H groups in total. The van der Waals surface area contributed by atoms with E-state index in [9.17, 15) is 0 Å². The van der Waals surface area contributed by atoms with E-state index >= 15 is 0 Å². The molecule has 17 heavy (non-hydrogen) atoms. The Morgan fingerprint density at radius 1 is 1.12 bits per heavy atom. The van der Waals surface area contributed by atoms with Crippen LogP contribution in [0.2, 0.25) is 0 Å². The van der Waals surface area contributed by atoms with E-state index in [0.29, 0.717) is 5.54 Å². The van der Waals surface area contributed by atoms with Crippen molar-refractivity contribution < 1.29 is 0 Å². The molecule has 100 valence electrons. The van der Waals surface area contributed by atoms with E-state index in [1.165, 1.54) is 45.4 Å². The Labute approximate surface area is 106 Å². The highest BCUT2D eigenvalue weighted by Gasteiger charge is 2.40. The minimum absolute atomic E-state index is 0.301. The molecule has 2 aliphatic heterocycles. The van der Waals surface area contributed by atoms with E-state index in [1.807, 2.05) is 0 Å². The summed E-state index contributed by atoms with van der Waals surface area (Å²) in [6.07, 6.45) is 3.88. The lowest BCUT2D eigenvalue weighted by molar-refractivity contribution is -0.00875. The summed E-state index contributed by atoms with van der Waals surface area (Å²) in [5.41, 5.74) is 6.45. The third-order valence-corrected chi connectivity index (χ3v) is 4.84. The van der Waals surface area contributed by atoms with Crippen LogP contribution in [-0.4, -0.2) is 55.1 Å². The van der Waals surface area contributed by atoms with Crippen LogP contribution < -0.4 is 5.73 Å². The van der Waals surface area contributed by atoms with Gasteiger partial charge in [0.2, 0.25) is 0 Å². The van der Waals surface area contributed by atoms with Crippen molar-refractivity contribution >= 4 is 0 Å². The normalized spacial score (nSPS) is 36.0. The quantitative estimate of drug-likeness (QED) is 0.790. The average molecular weight is 239 g/mol. The fourth-order valence-corrected chi connectivity index (χ4v) is 3.73. The molecule has 0 saturated carbocycles. The number of hydrogen-bond donors (Lipinski definition) is 1. The van der Waals surface area contributed by atoms with E-state index in [2.05, 4.69) is 30.7 Å². The number of likely N-dealkylation sites (tertiary alicyclic amines) is 2. The highest BCUT2D eigenvalue weighted by Crippen LogP contribution is 2.33. The van der Waals surface area contributed by atoms with Gasteiger partial charge in [-0.05, 0) is 51.2 Å². The standard InChI is InChI=1S/C14H29N3/c1-12-8-13(2)10-17(9-12)14(11-15)4-6-16(3)7-5-14/h12-13H,4-11,15H2,1-3H3. The Kier molecular flexibility index (Phi) is 4.11. The second kappa shape index (κ2) is 5.25. The van der Waals surface area contributed by atoms with Crippen LogP contribution in [-0.2, 0) is 0 Å². The number of piperidine rings is 2. The molecule has 2 atom stereocenters. The van der Waals surface area contributed by atoms with Crippen LogP contribution in [0.1, 0.15) is 33.1 Å². The lowest BCUT2D eigenvalue weighted by Gasteiger charge is -2.51. The van der Waals surface area contributed by atoms with Gasteiger partial charge < -0.3 is 10.6 Å². The third kappa shape index (κ3) is 2.83. The zero-order valence-corrected chi connectivity index (χ0v) is 11.8. The second-order valence-electron chi connectivity index (χ2n) is 6.58. The smallest absolute Gasteiger partial charge is 0.0356 e. The molecule has 0 radical (unpaired) electrons. The van der Waals surface area contributed by atoms with E-state index in [-0.39, 0.29) is 0 Å². The SMILES string of the molecule is CC1CC(C)CN(C2(CN)CCN(C)CC2)C1. The first-order valence-electron chi connectivity index (χ1n) is 7.19. The van der Waals surface area contributed by atoms with Gasteiger partial charge >= 0.3 is 0 Å². The van der Waals surface area contributed by atoms with E-state index in [0.717, 1.165) is 18.4 Å². The lowest BCUT2D eigenvalue weighted by atomic mass is 9.81. The molecule has 2 aliphatic rings. The van der Waals surface area contributed by atoms with Crippen molar-refractivity contribution in [2.75, 3.05) is 39.8 Å². The van der Waals surface area contributed by atoms with E-state index in [4.69, 9.17) is 5.73 Å². The molecule has 2 heterocycles. The fourth-order valence-electron chi connectivity index (χ4n) is 3.73. The van der Waals surface area contributed by atoms with Gasteiger partial charge in [0, 0.05) is 25.2 Å². The van der Waals surface area contributed by atoms with Gasteiger partial charge in [-0.15, -0.1) is 0 Å². The lowest BCUT2D eigenvalue weighted by Crippen LogP contribution is -2.61. The molecule has 0 aromatic carbocycles. The molecular weight excluding hydrogens is 210 g/mol. The maximum atomic E-state index is 6.15. The summed E-state index contributed by atoms with van der Waals surface area (Å²) >= 11 is 0. The first-order valence-corrected chi connectivity index (χ1v) is 7.19. The van der Waals surface area contributed by atoms with Gasteiger partial charge in [0.1, 0.15) is 0 Å². The van der Waals surface area contributed by atoms with Gasteiger partial charge in [-0.1, -0.05) is 13.8 Å². The number of rotatable bonds is 2. The fraction of sp³-hybridized carbons (Fsp3) is 1.00. The van der Waals surface area contributed by atoms with Gasteiger partial charge in [-0.25, -0.2) is 0 Å². The number of nitrogens with two attached hydrogens (primary N) is 1. The van der Waals surface area contributed by atoms with Crippen molar-refractivity contribution in [2.45, 2.75) is 38.6 Å². The van der Waals surface area contributed by atoms with Crippen molar-refractivity contribution in [1.29, 1.82) is 0 Å². The van der Waals surface area contributed by atoms with Gasteiger partial charge in [-0.2, -0.15) is 0 Å². The third-order valence-electron chi connectivity index (χ3n) is 4.84. The van der Waals surface area contributed by atoms with E-state index < -0.39 is 0 Å². The first kappa shape index (κ1) is 13.3. The summed E-state index contributed by atoms with van der Waals surface area (Å²) < 4.78 is 0. The highest BCUT2D eigenvalue weighted by molar-refractivity contribution is 4.98. The molecule has 3 nitrogen and oxygen atoms in total. The Balaban J connectivity index is 2.06. The van der Waals surface area contributed by atoms with E-state index in [1.54, 1.807) is 0 Å². The van der Waals surface area contributed by atoms with Crippen molar-refractivity contribution in [3.05, 3.63) is 0 Å².